The summed E-state index contributed by atoms with van der Waals surface area (Å²) < 4.78 is 27.9. The van der Waals surface area contributed by atoms with Crippen LogP contribution in [0.15, 0.2) is 28.8 Å². The van der Waals surface area contributed by atoms with Gasteiger partial charge in [-0.15, -0.1) is 0 Å². The summed E-state index contributed by atoms with van der Waals surface area (Å²) in [6.45, 7) is 0. The van der Waals surface area contributed by atoms with E-state index in [1.165, 1.54) is 69.9 Å². The summed E-state index contributed by atoms with van der Waals surface area (Å²) in [5, 5.41) is 2.01. The van der Waals surface area contributed by atoms with E-state index < -0.39 is 17.3 Å². The molecule has 1 aromatic rings. The van der Waals surface area contributed by atoms with Crippen LogP contribution in [0.1, 0.15) is 76.2 Å². The Morgan fingerprint density at radius 2 is 1.53 bits per heavy atom. The van der Waals surface area contributed by atoms with Gasteiger partial charge < -0.3 is 0 Å². The van der Waals surface area contributed by atoms with E-state index in [-0.39, 0.29) is 0 Å². The maximum atomic E-state index is 14.0. The molecule has 0 amide bonds. The number of hydrogen-bond acceptors (Lipinski definition) is 2. The van der Waals surface area contributed by atoms with Gasteiger partial charge in [0.25, 0.3) is 0 Å². The van der Waals surface area contributed by atoms with Crippen LogP contribution in [-0.4, -0.2) is 5.16 Å². The first-order valence-electron chi connectivity index (χ1n) is 11.4. The molecule has 0 N–H and O–H groups in total. The van der Waals surface area contributed by atoms with Gasteiger partial charge in [-0.2, -0.15) is 4.99 Å². The molecule has 30 heavy (non-hydrogen) atoms. The van der Waals surface area contributed by atoms with Crippen molar-refractivity contribution in [2.45, 2.75) is 70.6 Å². The quantitative estimate of drug-likeness (QED) is 0.208. The minimum atomic E-state index is -0.746. The summed E-state index contributed by atoms with van der Waals surface area (Å²) in [4.78, 5) is 3.44. The lowest BCUT2D eigenvalue weighted by Gasteiger charge is -2.37. The number of benzene rings is 1. The average Bonchev–Trinajstić information content (AvgIpc) is 3.30. The molecule has 0 bridgehead atoms. The molecular formula is C26H29F2NS. The number of thiocarbonyl (C=S) groups is 1. The Morgan fingerprint density at radius 1 is 0.900 bits per heavy atom. The van der Waals surface area contributed by atoms with Gasteiger partial charge in [-0.3, -0.25) is 0 Å². The van der Waals surface area contributed by atoms with Crippen LogP contribution in [0.4, 0.5) is 14.5 Å². The second-order valence-electron chi connectivity index (χ2n) is 9.16. The smallest absolute Gasteiger partial charge is 0.153 e. The summed E-state index contributed by atoms with van der Waals surface area (Å²) in [5.41, 5.74) is 1.72. The van der Waals surface area contributed by atoms with E-state index in [1.54, 1.807) is 5.57 Å². The highest BCUT2D eigenvalue weighted by Crippen LogP contribution is 2.44. The van der Waals surface area contributed by atoms with E-state index >= 15 is 0 Å². The van der Waals surface area contributed by atoms with Crippen molar-refractivity contribution in [1.29, 1.82) is 0 Å². The first-order chi connectivity index (χ1) is 14.6. The zero-order valence-electron chi connectivity index (χ0n) is 17.4. The number of isothiocyanates is 1. The molecule has 1 nitrogen and oxygen atoms in total. The molecule has 0 aliphatic heterocycles. The first-order valence-corrected chi connectivity index (χ1v) is 11.8. The zero-order chi connectivity index (χ0) is 20.9. The van der Waals surface area contributed by atoms with Crippen molar-refractivity contribution in [2.75, 3.05) is 0 Å². The molecule has 2 fully saturated rings. The Balaban J connectivity index is 1.28. The highest BCUT2D eigenvalue weighted by molar-refractivity contribution is 7.78. The predicted molar refractivity (Wildman–Crippen MR) is 121 cm³/mol. The number of aliphatic imine (C=N–C) groups is 1. The Kier molecular flexibility index (Phi) is 7.13. The van der Waals surface area contributed by atoms with E-state index in [0.29, 0.717) is 11.5 Å². The molecule has 3 aliphatic carbocycles. The van der Waals surface area contributed by atoms with E-state index in [2.05, 4.69) is 35.1 Å². The average molecular weight is 426 g/mol. The number of halogens is 2. The minimum absolute atomic E-state index is 0.325. The van der Waals surface area contributed by atoms with Crippen LogP contribution in [0.25, 0.3) is 0 Å². The fourth-order valence-corrected chi connectivity index (χ4v) is 5.83. The van der Waals surface area contributed by atoms with Gasteiger partial charge in [0.05, 0.1) is 5.16 Å². The summed E-state index contributed by atoms with van der Waals surface area (Å²) in [7, 11) is 0. The molecule has 0 aromatic heterocycles. The number of rotatable bonds is 3. The molecule has 0 radical (unpaired) electrons. The van der Waals surface area contributed by atoms with Crippen LogP contribution in [0.3, 0.4) is 0 Å². The Labute approximate surface area is 184 Å². The molecule has 4 heteroatoms. The monoisotopic (exact) mass is 425 g/mol. The van der Waals surface area contributed by atoms with Gasteiger partial charge in [-0.05, 0) is 113 Å². The van der Waals surface area contributed by atoms with Gasteiger partial charge in [0.1, 0.15) is 5.69 Å². The van der Waals surface area contributed by atoms with Gasteiger partial charge >= 0.3 is 0 Å². The van der Waals surface area contributed by atoms with Crippen molar-refractivity contribution in [1.82, 2.24) is 0 Å². The van der Waals surface area contributed by atoms with Crippen molar-refractivity contribution in [3.8, 4) is 11.8 Å². The van der Waals surface area contributed by atoms with E-state index in [9.17, 15) is 8.78 Å². The second kappa shape index (κ2) is 9.99. The highest BCUT2D eigenvalue weighted by Gasteiger charge is 2.31. The predicted octanol–water partition coefficient (Wildman–Crippen LogP) is 7.77. The maximum absolute atomic E-state index is 14.0. The molecule has 158 valence electrons. The summed E-state index contributed by atoms with van der Waals surface area (Å²) in [6, 6.07) is 2.46. The summed E-state index contributed by atoms with van der Waals surface area (Å²) in [5.74, 6) is 7.65. The molecule has 1 aromatic carbocycles. The highest BCUT2D eigenvalue weighted by atomic mass is 32.1. The van der Waals surface area contributed by atoms with E-state index in [1.807, 2.05) is 5.16 Å². The van der Waals surface area contributed by atoms with Crippen LogP contribution in [0.2, 0.25) is 0 Å². The minimum Gasteiger partial charge on any atom is -0.204 e. The zero-order valence-corrected chi connectivity index (χ0v) is 18.2. The molecule has 0 heterocycles. The van der Waals surface area contributed by atoms with Crippen molar-refractivity contribution < 1.29 is 8.78 Å². The fourth-order valence-electron chi connectivity index (χ4n) is 5.74. The first kappa shape index (κ1) is 21.4. The topological polar surface area (TPSA) is 12.4 Å². The molecular weight excluding hydrogens is 396 g/mol. The third-order valence-corrected chi connectivity index (χ3v) is 7.50. The summed E-state index contributed by atoms with van der Waals surface area (Å²) >= 11 is 4.43. The molecule has 0 atom stereocenters. The Bertz CT molecular complexity index is 880. The molecule has 0 unspecified atom stereocenters. The fraction of sp³-hybridized carbons (Fsp3) is 0.577. The van der Waals surface area contributed by atoms with Crippen LogP contribution >= 0.6 is 12.2 Å². The van der Waals surface area contributed by atoms with Crippen LogP contribution < -0.4 is 0 Å². The second-order valence-corrected chi connectivity index (χ2v) is 9.34. The third-order valence-electron chi connectivity index (χ3n) is 7.41. The van der Waals surface area contributed by atoms with Crippen molar-refractivity contribution in [3.05, 3.63) is 41.0 Å². The van der Waals surface area contributed by atoms with Gasteiger partial charge in [-0.1, -0.05) is 23.5 Å². The van der Waals surface area contributed by atoms with Gasteiger partial charge in [0.2, 0.25) is 0 Å². The summed E-state index contributed by atoms with van der Waals surface area (Å²) in [6.07, 6.45) is 16.7. The lowest BCUT2D eigenvalue weighted by Crippen LogP contribution is -2.26. The van der Waals surface area contributed by atoms with Crippen molar-refractivity contribution >= 4 is 23.1 Å². The largest absolute Gasteiger partial charge is 0.204 e. The van der Waals surface area contributed by atoms with E-state index in [0.717, 1.165) is 30.6 Å². The normalized spacial score (nSPS) is 28.8. The van der Waals surface area contributed by atoms with Crippen molar-refractivity contribution in [2.24, 2.45) is 28.7 Å². The van der Waals surface area contributed by atoms with Gasteiger partial charge in [0.15, 0.2) is 11.6 Å². The number of hydrogen-bond donors (Lipinski definition) is 0. The van der Waals surface area contributed by atoms with Gasteiger partial charge in [0, 0.05) is 11.5 Å². The molecule has 0 spiro atoms. The molecule has 3 aliphatic rings. The Morgan fingerprint density at radius 3 is 2.10 bits per heavy atom. The lowest BCUT2D eigenvalue weighted by molar-refractivity contribution is 0.165. The third kappa shape index (κ3) is 5.08. The number of allylic oxidation sites excluding steroid dienone is 2. The van der Waals surface area contributed by atoms with Crippen LogP contribution in [0.5, 0.6) is 0 Å². The van der Waals surface area contributed by atoms with Crippen molar-refractivity contribution in [3.63, 3.8) is 0 Å². The standard InChI is InChI=1S/C26H29F2NS/c27-24-15-19(16-25(28)26(24)29-17-30)6-5-18-7-9-21(10-8-18)23-13-11-22(12-14-23)20-3-1-2-4-20/h3,15-16,18,21-23H,1-2,4,7-14H2. The number of nitrogens with zero attached hydrogens (tertiary/aromatic N) is 1. The molecule has 4 rings (SSSR count). The SMILES string of the molecule is Fc1cc(C#CC2CCC(C3CCC(C4=CCCC4)CC3)CC2)cc(F)c1N=C=S. The van der Waals surface area contributed by atoms with E-state index in [4.69, 9.17) is 0 Å². The van der Waals surface area contributed by atoms with Crippen LogP contribution in [0, 0.1) is 47.1 Å². The maximum Gasteiger partial charge on any atom is 0.153 e. The van der Waals surface area contributed by atoms with Gasteiger partial charge in [-0.25, -0.2) is 8.78 Å². The molecule has 2 saturated carbocycles. The molecule has 0 saturated heterocycles. The Hall–Kier alpha value is -1.82. The lowest BCUT2D eigenvalue weighted by atomic mass is 9.68. The van der Waals surface area contributed by atoms with Crippen LogP contribution in [-0.2, 0) is 0 Å².